The largest absolute Gasteiger partial charge is 0.492 e. The van der Waals surface area contributed by atoms with Crippen molar-refractivity contribution in [1.82, 2.24) is 9.62 Å². The maximum atomic E-state index is 12.1. The average molecular weight is 399 g/mol. The SMILES string of the molecule is CC(NCCOc1ccc(S(=O)(=O)N(C)C)cc1)c1cccc2ccccc12. The lowest BCUT2D eigenvalue weighted by molar-refractivity contribution is 0.307. The standard InChI is InChI=1S/C22H26N2O3S/c1-17(21-10-6-8-18-7-4-5-9-22(18)21)23-15-16-27-19-11-13-20(14-12-19)28(25,26)24(2)3/h4-14,17,23H,15-16H2,1-3H3. The quantitative estimate of drug-likeness (QED) is 0.586. The molecule has 0 spiro atoms. The Morgan fingerprint density at radius 2 is 1.64 bits per heavy atom. The van der Waals surface area contributed by atoms with Gasteiger partial charge in [0.2, 0.25) is 10.0 Å². The first-order chi connectivity index (χ1) is 13.4. The number of rotatable bonds is 8. The van der Waals surface area contributed by atoms with Crippen molar-refractivity contribution in [2.75, 3.05) is 27.2 Å². The summed E-state index contributed by atoms with van der Waals surface area (Å²) in [6, 6.07) is 21.4. The highest BCUT2D eigenvalue weighted by atomic mass is 32.2. The zero-order valence-corrected chi connectivity index (χ0v) is 17.2. The van der Waals surface area contributed by atoms with Crippen molar-refractivity contribution in [2.45, 2.75) is 17.9 Å². The maximum absolute atomic E-state index is 12.1. The zero-order chi connectivity index (χ0) is 20.1. The van der Waals surface area contributed by atoms with Crippen LogP contribution in [0, 0.1) is 0 Å². The van der Waals surface area contributed by atoms with Crippen molar-refractivity contribution in [3.05, 3.63) is 72.3 Å². The Labute approximate surface area is 167 Å². The Kier molecular flexibility index (Phi) is 6.34. The first-order valence-electron chi connectivity index (χ1n) is 9.26. The average Bonchev–Trinajstić information content (AvgIpc) is 2.71. The molecule has 1 atom stereocenters. The lowest BCUT2D eigenvalue weighted by atomic mass is 10.00. The van der Waals surface area contributed by atoms with Crippen molar-refractivity contribution in [1.29, 1.82) is 0 Å². The highest BCUT2D eigenvalue weighted by Gasteiger charge is 2.16. The molecule has 0 aromatic heterocycles. The van der Waals surface area contributed by atoms with E-state index < -0.39 is 10.0 Å². The van der Waals surface area contributed by atoms with E-state index >= 15 is 0 Å². The van der Waals surface area contributed by atoms with E-state index in [1.807, 2.05) is 6.07 Å². The number of nitrogens with zero attached hydrogens (tertiary/aromatic N) is 1. The fourth-order valence-corrected chi connectivity index (χ4v) is 4.00. The monoisotopic (exact) mass is 398 g/mol. The second-order valence-electron chi connectivity index (χ2n) is 6.85. The van der Waals surface area contributed by atoms with Gasteiger partial charge in [0.25, 0.3) is 0 Å². The number of hydrogen-bond donors (Lipinski definition) is 1. The summed E-state index contributed by atoms with van der Waals surface area (Å²) < 4.78 is 31.1. The second-order valence-corrected chi connectivity index (χ2v) is 9.00. The van der Waals surface area contributed by atoms with Crippen molar-refractivity contribution in [3.63, 3.8) is 0 Å². The molecule has 0 aliphatic carbocycles. The van der Waals surface area contributed by atoms with Crippen LogP contribution in [0.25, 0.3) is 10.8 Å². The van der Waals surface area contributed by atoms with Crippen LogP contribution in [0.15, 0.2) is 71.6 Å². The van der Waals surface area contributed by atoms with Crippen molar-refractivity contribution in [3.8, 4) is 5.75 Å². The van der Waals surface area contributed by atoms with Gasteiger partial charge in [0, 0.05) is 26.7 Å². The number of benzene rings is 3. The normalized spacial score (nSPS) is 13.0. The fraction of sp³-hybridized carbons (Fsp3) is 0.273. The third-order valence-corrected chi connectivity index (χ3v) is 6.54. The zero-order valence-electron chi connectivity index (χ0n) is 16.4. The molecule has 28 heavy (non-hydrogen) atoms. The fourth-order valence-electron chi connectivity index (χ4n) is 3.10. The van der Waals surface area contributed by atoms with Crippen LogP contribution in [0.3, 0.4) is 0 Å². The van der Waals surface area contributed by atoms with E-state index in [0.29, 0.717) is 18.9 Å². The molecule has 0 saturated heterocycles. The lowest BCUT2D eigenvalue weighted by Gasteiger charge is -2.17. The summed E-state index contributed by atoms with van der Waals surface area (Å²) in [5.41, 5.74) is 1.26. The summed E-state index contributed by atoms with van der Waals surface area (Å²) in [7, 11) is -0.380. The van der Waals surface area contributed by atoms with Gasteiger partial charge < -0.3 is 10.1 Å². The molecule has 5 nitrogen and oxygen atoms in total. The molecule has 3 aromatic carbocycles. The molecule has 1 N–H and O–H groups in total. The summed E-state index contributed by atoms with van der Waals surface area (Å²) in [6.07, 6.45) is 0. The highest BCUT2D eigenvalue weighted by molar-refractivity contribution is 7.89. The van der Waals surface area contributed by atoms with Gasteiger partial charge in [-0.2, -0.15) is 0 Å². The van der Waals surface area contributed by atoms with Gasteiger partial charge in [-0.3, -0.25) is 0 Å². The molecule has 0 radical (unpaired) electrons. The van der Waals surface area contributed by atoms with Gasteiger partial charge in [0.05, 0.1) is 4.90 Å². The molecule has 0 saturated carbocycles. The van der Waals surface area contributed by atoms with Gasteiger partial charge in [-0.05, 0) is 47.5 Å². The number of ether oxygens (including phenoxy) is 1. The Morgan fingerprint density at radius 3 is 2.36 bits per heavy atom. The third kappa shape index (κ3) is 4.52. The molecule has 3 rings (SSSR count). The minimum absolute atomic E-state index is 0.197. The molecule has 0 amide bonds. The molecule has 1 unspecified atom stereocenters. The van der Waals surface area contributed by atoms with Gasteiger partial charge in [-0.15, -0.1) is 0 Å². The molecule has 3 aromatic rings. The first-order valence-corrected chi connectivity index (χ1v) is 10.7. The highest BCUT2D eigenvalue weighted by Crippen LogP contribution is 2.24. The van der Waals surface area contributed by atoms with Gasteiger partial charge in [-0.25, -0.2) is 12.7 Å². The van der Waals surface area contributed by atoms with Gasteiger partial charge in [0.15, 0.2) is 0 Å². The van der Waals surface area contributed by atoms with Gasteiger partial charge in [-0.1, -0.05) is 42.5 Å². The number of sulfonamides is 1. The van der Waals surface area contributed by atoms with Crippen molar-refractivity contribution < 1.29 is 13.2 Å². The topological polar surface area (TPSA) is 58.6 Å². The number of nitrogens with one attached hydrogen (secondary N) is 1. The van der Waals surface area contributed by atoms with Gasteiger partial charge in [0.1, 0.15) is 12.4 Å². The van der Waals surface area contributed by atoms with Crippen LogP contribution in [0.4, 0.5) is 0 Å². The summed E-state index contributed by atoms with van der Waals surface area (Å²) in [4.78, 5) is 0.257. The summed E-state index contributed by atoms with van der Waals surface area (Å²) in [5.74, 6) is 0.650. The van der Waals surface area contributed by atoms with Crippen LogP contribution in [0.5, 0.6) is 5.75 Å². The van der Waals surface area contributed by atoms with Crippen LogP contribution in [-0.2, 0) is 10.0 Å². The summed E-state index contributed by atoms with van der Waals surface area (Å²) >= 11 is 0. The Hall–Kier alpha value is -2.41. The molecule has 148 valence electrons. The third-order valence-electron chi connectivity index (χ3n) is 4.71. The van der Waals surface area contributed by atoms with Crippen LogP contribution in [-0.4, -0.2) is 40.0 Å². The molecule has 0 bridgehead atoms. The summed E-state index contributed by atoms with van der Waals surface area (Å²) in [5, 5.41) is 5.97. The molecule has 6 heteroatoms. The predicted molar refractivity (Wildman–Crippen MR) is 113 cm³/mol. The van der Waals surface area contributed by atoms with E-state index in [1.165, 1.54) is 34.7 Å². The van der Waals surface area contributed by atoms with Crippen molar-refractivity contribution in [2.24, 2.45) is 0 Å². The smallest absolute Gasteiger partial charge is 0.242 e. The molecule has 0 heterocycles. The number of hydrogen-bond acceptors (Lipinski definition) is 4. The van der Waals surface area contributed by atoms with E-state index in [-0.39, 0.29) is 10.9 Å². The molecule has 0 aliphatic heterocycles. The van der Waals surface area contributed by atoms with E-state index in [4.69, 9.17) is 4.74 Å². The Balaban J connectivity index is 1.54. The van der Waals surface area contributed by atoms with E-state index in [9.17, 15) is 8.42 Å². The minimum Gasteiger partial charge on any atom is -0.492 e. The van der Waals surface area contributed by atoms with Crippen molar-refractivity contribution >= 4 is 20.8 Å². The van der Waals surface area contributed by atoms with E-state index in [0.717, 1.165) is 0 Å². The molecular formula is C22H26N2O3S. The maximum Gasteiger partial charge on any atom is 0.242 e. The van der Waals surface area contributed by atoms with Crippen LogP contribution in [0.1, 0.15) is 18.5 Å². The number of fused-ring (bicyclic) bond motifs is 1. The molecule has 0 aliphatic rings. The van der Waals surface area contributed by atoms with Gasteiger partial charge >= 0.3 is 0 Å². The Bertz CT molecular complexity index is 1030. The lowest BCUT2D eigenvalue weighted by Crippen LogP contribution is -2.24. The van der Waals surface area contributed by atoms with E-state index in [1.54, 1.807) is 24.3 Å². The van der Waals surface area contributed by atoms with Crippen LogP contribution >= 0.6 is 0 Å². The molecular weight excluding hydrogens is 372 g/mol. The Morgan fingerprint density at radius 1 is 0.964 bits per heavy atom. The predicted octanol–water partition coefficient (Wildman–Crippen LogP) is 3.82. The van der Waals surface area contributed by atoms with Crippen LogP contribution in [0.2, 0.25) is 0 Å². The summed E-state index contributed by atoms with van der Waals surface area (Å²) in [6.45, 7) is 3.32. The minimum atomic E-state index is -3.41. The second kappa shape index (κ2) is 8.73. The first kappa shape index (κ1) is 20.3. The van der Waals surface area contributed by atoms with Crippen LogP contribution < -0.4 is 10.1 Å². The van der Waals surface area contributed by atoms with E-state index in [2.05, 4.69) is 48.6 Å². The molecule has 0 fully saturated rings.